The van der Waals surface area contributed by atoms with Crippen molar-refractivity contribution in [3.05, 3.63) is 46.0 Å². The summed E-state index contributed by atoms with van der Waals surface area (Å²) in [7, 11) is 4.09. The van der Waals surface area contributed by atoms with Crippen LogP contribution in [0, 0.1) is 0 Å². The van der Waals surface area contributed by atoms with Crippen molar-refractivity contribution in [2.75, 3.05) is 14.1 Å². The predicted octanol–water partition coefficient (Wildman–Crippen LogP) is 3.25. The molecule has 1 N–H and O–H groups in total. The van der Waals surface area contributed by atoms with Crippen molar-refractivity contribution in [3.63, 3.8) is 0 Å². The normalized spacial score (nSPS) is 13.1. The lowest BCUT2D eigenvalue weighted by atomic mass is 10.2. The first-order chi connectivity index (χ1) is 8.72. The fourth-order valence-corrected chi connectivity index (χ4v) is 2.81. The third kappa shape index (κ3) is 3.02. The van der Waals surface area contributed by atoms with Gasteiger partial charge < -0.3 is 9.73 Å². The van der Waals surface area contributed by atoms with Gasteiger partial charge in [-0.25, -0.2) is 0 Å². The molecule has 4 heteroatoms. The van der Waals surface area contributed by atoms with E-state index in [1.54, 1.807) is 17.6 Å². The van der Waals surface area contributed by atoms with Crippen molar-refractivity contribution in [3.8, 4) is 0 Å². The van der Waals surface area contributed by atoms with Gasteiger partial charge in [0.15, 0.2) is 0 Å². The number of furan rings is 1. The van der Waals surface area contributed by atoms with E-state index in [-0.39, 0.29) is 0 Å². The van der Waals surface area contributed by atoms with E-state index in [1.165, 1.54) is 10.4 Å². The highest BCUT2D eigenvalue weighted by molar-refractivity contribution is 7.10. The Kier molecular flexibility index (Phi) is 4.58. The van der Waals surface area contributed by atoms with Gasteiger partial charge in [0.2, 0.25) is 0 Å². The highest BCUT2D eigenvalue weighted by Crippen LogP contribution is 2.25. The average Bonchev–Trinajstić information content (AvgIpc) is 3.00. The molecular weight excluding hydrogens is 244 g/mol. The molecule has 2 aromatic rings. The second-order valence-electron chi connectivity index (χ2n) is 4.51. The molecule has 0 bridgehead atoms. The Morgan fingerprint density at radius 1 is 1.44 bits per heavy atom. The van der Waals surface area contributed by atoms with Gasteiger partial charge in [-0.3, -0.25) is 4.90 Å². The van der Waals surface area contributed by atoms with Gasteiger partial charge in [0, 0.05) is 23.0 Å². The van der Waals surface area contributed by atoms with E-state index in [0.717, 1.165) is 18.8 Å². The minimum atomic E-state index is 0.414. The van der Waals surface area contributed by atoms with E-state index in [9.17, 15) is 0 Å². The SMILES string of the molecule is CNCc1ccoc1CN(C)C(C)c1cccs1. The van der Waals surface area contributed by atoms with Gasteiger partial charge >= 0.3 is 0 Å². The molecule has 18 heavy (non-hydrogen) atoms. The first-order valence-electron chi connectivity index (χ1n) is 6.16. The topological polar surface area (TPSA) is 28.4 Å². The van der Waals surface area contributed by atoms with Gasteiger partial charge in [0.25, 0.3) is 0 Å². The molecule has 0 fully saturated rings. The quantitative estimate of drug-likeness (QED) is 0.868. The molecule has 0 saturated carbocycles. The number of hydrogen-bond donors (Lipinski definition) is 1. The Balaban J connectivity index is 2.02. The maximum Gasteiger partial charge on any atom is 0.122 e. The van der Waals surface area contributed by atoms with Crippen LogP contribution in [-0.2, 0) is 13.1 Å². The van der Waals surface area contributed by atoms with Crippen molar-refractivity contribution in [2.24, 2.45) is 0 Å². The lowest BCUT2D eigenvalue weighted by Gasteiger charge is -2.23. The molecule has 0 saturated heterocycles. The van der Waals surface area contributed by atoms with Gasteiger partial charge in [0.05, 0.1) is 12.8 Å². The van der Waals surface area contributed by atoms with Crippen molar-refractivity contribution < 1.29 is 4.42 Å². The average molecular weight is 264 g/mol. The van der Waals surface area contributed by atoms with Crippen molar-refractivity contribution >= 4 is 11.3 Å². The molecule has 0 radical (unpaired) electrons. The van der Waals surface area contributed by atoms with Crippen molar-refractivity contribution in [1.29, 1.82) is 0 Å². The lowest BCUT2D eigenvalue weighted by Crippen LogP contribution is -2.22. The van der Waals surface area contributed by atoms with Crippen LogP contribution in [0.25, 0.3) is 0 Å². The molecule has 0 spiro atoms. The van der Waals surface area contributed by atoms with Crippen LogP contribution in [-0.4, -0.2) is 19.0 Å². The van der Waals surface area contributed by atoms with Crippen LogP contribution >= 0.6 is 11.3 Å². The minimum Gasteiger partial charge on any atom is -0.468 e. The second kappa shape index (κ2) is 6.18. The molecule has 2 rings (SSSR count). The second-order valence-corrected chi connectivity index (χ2v) is 5.49. The molecule has 2 aromatic heterocycles. The van der Waals surface area contributed by atoms with E-state index in [1.807, 2.05) is 13.1 Å². The molecule has 98 valence electrons. The monoisotopic (exact) mass is 264 g/mol. The summed E-state index contributed by atoms with van der Waals surface area (Å²) in [6, 6.07) is 6.74. The van der Waals surface area contributed by atoms with E-state index < -0.39 is 0 Å². The fourth-order valence-electron chi connectivity index (χ4n) is 1.96. The van der Waals surface area contributed by atoms with E-state index in [0.29, 0.717) is 6.04 Å². The Hall–Kier alpha value is -1.10. The van der Waals surface area contributed by atoms with Gasteiger partial charge in [0.1, 0.15) is 5.76 Å². The highest BCUT2D eigenvalue weighted by Gasteiger charge is 2.15. The van der Waals surface area contributed by atoms with E-state index >= 15 is 0 Å². The van der Waals surface area contributed by atoms with Crippen molar-refractivity contribution in [2.45, 2.75) is 26.1 Å². The molecular formula is C14H20N2OS. The van der Waals surface area contributed by atoms with Crippen LogP contribution in [0.5, 0.6) is 0 Å². The summed E-state index contributed by atoms with van der Waals surface area (Å²) >= 11 is 1.80. The summed E-state index contributed by atoms with van der Waals surface area (Å²) in [4.78, 5) is 3.70. The van der Waals surface area contributed by atoms with Crippen LogP contribution < -0.4 is 5.32 Å². The van der Waals surface area contributed by atoms with Gasteiger partial charge in [-0.1, -0.05) is 6.07 Å². The highest BCUT2D eigenvalue weighted by atomic mass is 32.1. The fraction of sp³-hybridized carbons (Fsp3) is 0.429. The smallest absolute Gasteiger partial charge is 0.122 e. The molecule has 2 heterocycles. The molecule has 0 aliphatic carbocycles. The van der Waals surface area contributed by atoms with Crippen LogP contribution in [0.3, 0.4) is 0 Å². The maximum atomic E-state index is 5.58. The third-order valence-corrected chi connectivity index (χ3v) is 4.26. The largest absolute Gasteiger partial charge is 0.468 e. The zero-order valence-electron chi connectivity index (χ0n) is 11.1. The third-order valence-electron chi connectivity index (χ3n) is 3.21. The van der Waals surface area contributed by atoms with Gasteiger partial charge in [-0.05, 0) is 38.5 Å². The lowest BCUT2D eigenvalue weighted by molar-refractivity contribution is 0.234. The molecule has 1 unspecified atom stereocenters. The summed E-state index contributed by atoms with van der Waals surface area (Å²) in [6.07, 6.45) is 1.77. The summed E-state index contributed by atoms with van der Waals surface area (Å²) < 4.78 is 5.58. The van der Waals surface area contributed by atoms with E-state index in [4.69, 9.17) is 4.42 Å². The zero-order valence-corrected chi connectivity index (χ0v) is 12.0. The first kappa shape index (κ1) is 13.3. The number of thiophene rings is 1. The molecule has 0 aromatic carbocycles. The summed E-state index contributed by atoms with van der Waals surface area (Å²) in [5.41, 5.74) is 1.24. The summed E-state index contributed by atoms with van der Waals surface area (Å²) in [6.45, 7) is 3.92. The van der Waals surface area contributed by atoms with Gasteiger partial charge in [-0.2, -0.15) is 0 Å². The van der Waals surface area contributed by atoms with Crippen LogP contribution in [0.1, 0.15) is 29.2 Å². The molecule has 1 atom stereocenters. The van der Waals surface area contributed by atoms with Crippen LogP contribution in [0.4, 0.5) is 0 Å². The van der Waals surface area contributed by atoms with Crippen molar-refractivity contribution in [1.82, 2.24) is 10.2 Å². The predicted molar refractivity (Wildman–Crippen MR) is 75.7 cm³/mol. The molecule has 0 amide bonds. The Morgan fingerprint density at radius 3 is 2.94 bits per heavy atom. The zero-order chi connectivity index (χ0) is 13.0. The van der Waals surface area contributed by atoms with Crippen LogP contribution in [0.2, 0.25) is 0 Å². The Bertz CT molecular complexity index is 464. The molecule has 0 aliphatic rings. The van der Waals surface area contributed by atoms with Crippen LogP contribution in [0.15, 0.2) is 34.3 Å². The Labute approximate surface area is 112 Å². The Morgan fingerprint density at radius 2 is 2.28 bits per heavy atom. The molecule has 0 aliphatic heterocycles. The van der Waals surface area contributed by atoms with Gasteiger partial charge in [-0.15, -0.1) is 11.3 Å². The maximum absolute atomic E-state index is 5.58. The minimum absolute atomic E-state index is 0.414. The number of nitrogens with one attached hydrogen (secondary N) is 1. The van der Waals surface area contributed by atoms with E-state index in [2.05, 4.69) is 41.7 Å². The summed E-state index contributed by atoms with van der Waals surface area (Å²) in [5.74, 6) is 1.05. The number of hydrogen-bond acceptors (Lipinski definition) is 4. The standard InChI is InChI=1S/C14H20N2OS/c1-11(14-5-4-8-18-14)16(3)10-13-12(9-15-2)6-7-17-13/h4-8,11,15H,9-10H2,1-3H3. The number of nitrogens with zero attached hydrogens (tertiary/aromatic N) is 1. The molecule has 3 nitrogen and oxygen atoms in total. The first-order valence-corrected chi connectivity index (χ1v) is 7.03. The number of rotatable bonds is 6. The summed E-state index contributed by atoms with van der Waals surface area (Å²) in [5, 5.41) is 5.29.